The molecule has 0 aliphatic carbocycles. The van der Waals surface area contributed by atoms with Gasteiger partial charge in [0, 0.05) is 26.0 Å². The lowest BCUT2D eigenvalue weighted by molar-refractivity contribution is 0.487. The lowest BCUT2D eigenvalue weighted by Crippen LogP contribution is -2.18. The molecule has 1 aliphatic heterocycles. The molecule has 0 amide bonds. The van der Waals surface area contributed by atoms with E-state index in [9.17, 15) is 4.57 Å². The van der Waals surface area contributed by atoms with Gasteiger partial charge in [-0.3, -0.25) is 4.57 Å². The van der Waals surface area contributed by atoms with Crippen LogP contribution in [0.5, 0.6) is 5.75 Å². The van der Waals surface area contributed by atoms with Crippen LogP contribution < -0.4 is 4.52 Å². The average molecular weight is 270 g/mol. The summed E-state index contributed by atoms with van der Waals surface area (Å²) in [6.07, 6.45) is 0. The van der Waals surface area contributed by atoms with Gasteiger partial charge in [-0.2, -0.15) is 4.76 Å². The highest BCUT2D eigenvalue weighted by molar-refractivity contribution is 8.14. The van der Waals surface area contributed by atoms with E-state index in [4.69, 9.17) is 4.52 Å². The van der Waals surface area contributed by atoms with E-state index in [1.807, 2.05) is 30.1 Å². The standard InChI is InChI=1S/C11H15N2O2PS/c1-13-8-9-17-11(13)12-16(2,14)15-10-6-4-3-5-7-10/h3-7H,8-9H2,1-2H3/b12-11+. The van der Waals surface area contributed by atoms with Crippen LogP contribution in [0.25, 0.3) is 0 Å². The highest BCUT2D eigenvalue weighted by Crippen LogP contribution is 2.46. The molecule has 1 aromatic rings. The fraction of sp³-hybridized carbons (Fsp3) is 0.364. The second-order valence-corrected chi connectivity index (χ2v) is 6.91. The SMILES string of the molecule is CN1CCS/C1=N/P(C)(=O)Oc1ccccc1. The molecule has 1 aromatic carbocycles. The van der Waals surface area contributed by atoms with Crippen LogP contribution in [0.3, 0.4) is 0 Å². The number of thioether (sulfide) groups is 1. The molecule has 1 atom stereocenters. The van der Waals surface area contributed by atoms with Gasteiger partial charge in [-0.1, -0.05) is 30.0 Å². The van der Waals surface area contributed by atoms with E-state index >= 15 is 0 Å². The molecule has 1 fully saturated rings. The summed E-state index contributed by atoms with van der Waals surface area (Å²) >= 11 is 1.61. The maximum atomic E-state index is 12.2. The Kier molecular flexibility index (Phi) is 3.79. The van der Waals surface area contributed by atoms with Crippen LogP contribution >= 0.6 is 19.3 Å². The first-order valence-electron chi connectivity index (χ1n) is 5.33. The summed E-state index contributed by atoms with van der Waals surface area (Å²) in [5.74, 6) is 1.58. The van der Waals surface area contributed by atoms with Crippen molar-refractivity contribution in [3.63, 3.8) is 0 Å². The number of hydrogen-bond donors (Lipinski definition) is 0. The molecule has 6 heteroatoms. The minimum Gasteiger partial charge on any atom is -0.428 e. The minimum atomic E-state index is -2.98. The summed E-state index contributed by atoms with van der Waals surface area (Å²) in [5.41, 5.74) is 0. The average Bonchev–Trinajstić information content (AvgIpc) is 2.64. The van der Waals surface area contributed by atoms with Crippen molar-refractivity contribution in [3.05, 3.63) is 30.3 Å². The molecule has 1 saturated heterocycles. The van der Waals surface area contributed by atoms with Crippen molar-refractivity contribution in [2.45, 2.75) is 0 Å². The Morgan fingerprint density at radius 2 is 2.12 bits per heavy atom. The number of nitrogens with zero attached hydrogens (tertiary/aromatic N) is 2. The third-order valence-electron chi connectivity index (χ3n) is 2.27. The normalized spacial score (nSPS) is 21.5. The van der Waals surface area contributed by atoms with E-state index in [2.05, 4.69) is 4.76 Å². The van der Waals surface area contributed by atoms with Gasteiger partial charge in [0.25, 0.3) is 0 Å². The van der Waals surface area contributed by atoms with Gasteiger partial charge < -0.3 is 9.42 Å². The second kappa shape index (κ2) is 5.15. The Hall–Kier alpha value is -0.930. The molecule has 0 radical (unpaired) electrons. The van der Waals surface area contributed by atoms with Crippen LogP contribution in [-0.2, 0) is 4.57 Å². The maximum Gasteiger partial charge on any atom is 0.361 e. The molecule has 1 aliphatic rings. The summed E-state index contributed by atoms with van der Waals surface area (Å²) in [6.45, 7) is 2.48. The van der Waals surface area contributed by atoms with E-state index in [0.717, 1.165) is 17.5 Å². The number of hydrogen-bond acceptors (Lipinski definition) is 3. The van der Waals surface area contributed by atoms with E-state index in [0.29, 0.717) is 5.75 Å². The Morgan fingerprint density at radius 1 is 1.41 bits per heavy atom. The van der Waals surface area contributed by atoms with Crippen LogP contribution in [0.4, 0.5) is 0 Å². The molecule has 1 unspecified atom stereocenters. The fourth-order valence-electron chi connectivity index (χ4n) is 1.44. The predicted octanol–water partition coefficient (Wildman–Crippen LogP) is 2.92. The monoisotopic (exact) mass is 270 g/mol. The van der Waals surface area contributed by atoms with Crippen molar-refractivity contribution in [2.75, 3.05) is 26.0 Å². The van der Waals surface area contributed by atoms with Crippen molar-refractivity contribution in [1.29, 1.82) is 0 Å². The van der Waals surface area contributed by atoms with E-state index < -0.39 is 7.52 Å². The largest absolute Gasteiger partial charge is 0.428 e. The Bertz CT molecular complexity index is 464. The number of amidine groups is 1. The van der Waals surface area contributed by atoms with Gasteiger partial charge in [-0.15, -0.1) is 0 Å². The van der Waals surface area contributed by atoms with Crippen molar-refractivity contribution in [3.8, 4) is 5.75 Å². The topological polar surface area (TPSA) is 41.9 Å². The first-order valence-corrected chi connectivity index (χ1v) is 8.34. The highest BCUT2D eigenvalue weighted by atomic mass is 32.2. The molecule has 0 bridgehead atoms. The number of rotatable bonds is 3. The summed E-state index contributed by atoms with van der Waals surface area (Å²) < 4.78 is 21.9. The molecule has 0 spiro atoms. The smallest absolute Gasteiger partial charge is 0.361 e. The molecule has 1 heterocycles. The van der Waals surface area contributed by atoms with Crippen LogP contribution in [-0.4, -0.2) is 36.1 Å². The number of benzene rings is 1. The van der Waals surface area contributed by atoms with E-state index in [1.165, 1.54) is 0 Å². The molecule has 0 aromatic heterocycles. The number of para-hydroxylation sites is 1. The summed E-state index contributed by atoms with van der Waals surface area (Å²) in [7, 11) is -1.03. The first-order chi connectivity index (χ1) is 8.07. The van der Waals surface area contributed by atoms with Crippen LogP contribution in [0, 0.1) is 0 Å². The quantitative estimate of drug-likeness (QED) is 0.792. The molecular weight excluding hydrogens is 255 g/mol. The predicted molar refractivity (Wildman–Crippen MR) is 73.1 cm³/mol. The fourth-order valence-corrected chi connectivity index (χ4v) is 3.99. The van der Waals surface area contributed by atoms with Crippen molar-refractivity contribution in [1.82, 2.24) is 4.90 Å². The minimum absolute atomic E-state index is 0.591. The summed E-state index contributed by atoms with van der Waals surface area (Å²) in [5, 5.41) is 0.798. The third kappa shape index (κ3) is 3.51. The Morgan fingerprint density at radius 3 is 2.71 bits per heavy atom. The van der Waals surface area contributed by atoms with Crippen LogP contribution in [0.15, 0.2) is 35.1 Å². The van der Waals surface area contributed by atoms with E-state index in [1.54, 1.807) is 30.6 Å². The van der Waals surface area contributed by atoms with Gasteiger partial charge in [-0.25, -0.2) is 0 Å². The van der Waals surface area contributed by atoms with Crippen molar-refractivity contribution < 1.29 is 9.09 Å². The van der Waals surface area contributed by atoms with Gasteiger partial charge >= 0.3 is 7.52 Å². The third-order valence-corrected chi connectivity index (χ3v) is 4.56. The zero-order valence-electron chi connectivity index (χ0n) is 9.87. The van der Waals surface area contributed by atoms with Crippen LogP contribution in [0.1, 0.15) is 0 Å². The zero-order valence-corrected chi connectivity index (χ0v) is 11.6. The first kappa shape index (κ1) is 12.5. The Balaban J connectivity index is 2.12. The van der Waals surface area contributed by atoms with Gasteiger partial charge in [-0.05, 0) is 12.1 Å². The van der Waals surface area contributed by atoms with Crippen molar-refractivity contribution in [2.24, 2.45) is 4.76 Å². The summed E-state index contributed by atoms with van der Waals surface area (Å²) in [4.78, 5) is 2.00. The second-order valence-electron chi connectivity index (χ2n) is 3.86. The molecule has 0 N–H and O–H groups in total. The lowest BCUT2D eigenvalue weighted by Gasteiger charge is -2.14. The zero-order chi connectivity index (χ0) is 12.3. The highest BCUT2D eigenvalue weighted by Gasteiger charge is 2.22. The van der Waals surface area contributed by atoms with Crippen LogP contribution in [0.2, 0.25) is 0 Å². The molecule has 0 saturated carbocycles. The molecule has 4 nitrogen and oxygen atoms in total. The lowest BCUT2D eigenvalue weighted by atomic mass is 10.3. The maximum absolute atomic E-state index is 12.2. The molecule has 2 rings (SSSR count). The molecule has 17 heavy (non-hydrogen) atoms. The van der Waals surface area contributed by atoms with Gasteiger partial charge in [0.05, 0.1) is 0 Å². The van der Waals surface area contributed by atoms with Crippen molar-refractivity contribution >= 4 is 24.4 Å². The molecular formula is C11H15N2O2PS. The van der Waals surface area contributed by atoms with Gasteiger partial charge in [0.1, 0.15) is 5.75 Å². The van der Waals surface area contributed by atoms with Gasteiger partial charge in [0.15, 0.2) is 5.17 Å². The van der Waals surface area contributed by atoms with Gasteiger partial charge in [0.2, 0.25) is 0 Å². The summed E-state index contributed by atoms with van der Waals surface area (Å²) in [6, 6.07) is 9.14. The van der Waals surface area contributed by atoms with E-state index in [-0.39, 0.29) is 0 Å². The molecule has 92 valence electrons. The Labute approximate surface area is 106 Å².